The monoisotopic (exact) mass is 258 g/mol. The molecule has 8 heteroatoms. The molecular weight excluding hydrogens is 244 g/mol. The van der Waals surface area contributed by atoms with Crippen LogP contribution in [0.5, 0.6) is 0 Å². The molecule has 1 unspecified atom stereocenters. The van der Waals surface area contributed by atoms with Gasteiger partial charge in [0.05, 0.1) is 6.10 Å². The average molecular weight is 258 g/mol. The lowest BCUT2D eigenvalue weighted by atomic mass is 10.1. The third-order valence-corrected chi connectivity index (χ3v) is 2.88. The van der Waals surface area contributed by atoms with E-state index in [4.69, 9.17) is 4.74 Å². The number of ether oxygens (including phenoxy) is 1. The molecule has 100 valence electrons. The Kier molecular flexibility index (Phi) is 3.35. The Morgan fingerprint density at radius 2 is 2.06 bits per heavy atom. The normalized spacial score (nSPS) is 33.6. The van der Waals surface area contributed by atoms with Crippen LogP contribution < -0.4 is 11.2 Å². The maximum atomic E-state index is 11.5. The minimum atomic E-state index is -1.37. The van der Waals surface area contributed by atoms with E-state index in [0.717, 1.165) is 16.8 Å². The van der Waals surface area contributed by atoms with Gasteiger partial charge in [-0.1, -0.05) is 0 Å². The summed E-state index contributed by atoms with van der Waals surface area (Å²) in [7, 11) is 0. The van der Waals surface area contributed by atoms with E-state index in [1.807, 2.05) is 4.98 Å². The van der Waals surface area contributed by atoms with Crippen LogP contribution in [-0.2, 0) is 4.74 Å². The first-order valence-corrected chi connectivity index (χ1v) is 5.43. The van der Waals surface area contributed by atoms with Crippen molar-refractivity contribution in [2.75, 3.05) is 0 Å². The molecule has 18 heavy (non-hydrogen) atoms. The summed E-state index contributed by atoms with van der Waals surface area (Å²) in [6.45, 7) is 1.40. The quantitative estimate of drug-likeness (QED) is 0.466. The van der Waals surface area contributed by atoms with Crippen molar-refractivity contribution in [2.24, 2.45) is 0 Å². The van der Waals surface area contributed by atoms with Crippen molar-refractivity contribution in [3.05, 3.63) is 33.1 Å². The van der Waals surface area contributed by atoms with Crippen LogP contribution in [-0.4, -0.2) is 49.3 Å². The number of nitrogens with zero attached hydrogens (tertiary/aromatic N) is 1. The molecule has 0 bridgehead atoms. The topological polar surface area (TPSA) is 125 Å². The van der Waals surface area contributed by atoms with Crippen LogP contribution in [0.4, 0.5) is 0 Å². The van der Waals surface area contributed by atoms with E-state index < -0.39 is 41.9 Å². The molecule has 1 aromatic rings. The highest BCUT2D eigenvalue weighted by molar-refractivity contribution is 4.94. The number of aliphatic hydroxyl groups is 3. The number of rotatable bonds is 2. The fourth-order valence-electron chi connectivity index (χ4n) is 1.94. The van der Waals surface area contributed by atoms with Crippen LogP contribution in [0, 0.1) is 0 Å². The summed E-state index contributed by atoms with van der Waals surface area (Å²) in [6.07, 6.45) is -4.67. The Morgan fingerprint density at radius 3 is 2.56 bits per heavy atom. The zero-order valence-electron chi connectivity index (χ0n) is 9.56. The maximum Gasteiger partial charge on any atom is 0.330 e. The van der Waals surface area contributed by atoms with Gasteiger partial charge in [0, 0.05) is 12.3 Å². The number of aliphatic hydroxyl groups excluding tert-OH is 3. The lowest BCUT2D eigenvalue weighted by molar-refractivity contribution is -0.0804. The summed E-state index contributed by atoms with van der Waals surface area (Å²) in [4.78, 5) is 24.5. The summed E-state index contributed by atoms with van der Waals surface area (Å²) in [5.74, 6) is 0. The molecule has 2 rings (SSSR count). The van der Waals surface area contributed by atoms with E-state index in [1.54, 1.807) is 0 Å². The lowest BCUT2D eigenvalue weighted by Gasteiger charge is -2.17. The molecule has 0 spiro atoms. The summed E-state index contributed by atoms with van der Waals surface area (Å²) in [5, 5.41) is 28.8. The number of aromatic nitrogens is 2. The van der Waals surface area contributed by atoms with Gasteiger partial charge in [0.2, 0.25) is 0 Å². The van der Waals surface area contributed by atoms with Gasteiger partial charge in [0.1, 0.15) is 18.3 Å². The third-order valence-electron chi connectivity index (χ3n) is 2.88. The number of hydrogen-bond donors (Lipinski definition) is 4. The first-order valence-electron chi connectivity index (χ1n) is 5.43. The predicted molar refractivity (Wildman–Crippen MR) is 58.9 cm³/mol. The number of nitrogens with one attached hydrogen (secondary N) is 1. The molecule has 4 N–H and O–H groups in total. The van der Waals surface area contributed by atoms with Crippen LogP contribution in [0.1, 0.15) is 13.2 Å². The van der Waals surface area contributed by atoms with Crippen molar-refractivity contribution in [3.8, 4) is 0 Å². The molecule has 8 nitrogen and oxygen atoms in total. The van der Waals surface area contributed by atoms with E-state index in [0.29, 0.717) is 0 Å². The second kappa shape index (κ2) is 4.65. The second-order valence-corrected chi connectivity index (χ2v) is 4.23. The van der Waals surface area contributed by atoms with Crippen molar-refractivity contribution in [1.29, 1.82) is 0 Å². The van der Waals surface area contributed by atoms with Gasteiger partial charge in [-0.3, -0.25) is 14.3 Å². The standard InChI is InChI=1S/C10H14N2O6/c1-4(13)8-6(15)7(16)9(18-8)12-3-2-5(14)11-10(12)17/h2-4,6-9,13,15-16H,1H3,(H,11,14,17)/t4?,6-,7+,8+,9+/m0/s1. The molecule has 0 aromatic carbocycles. The van der Waals surface area contributed by atoms with Crippen molar-refractivity contribution in [3.63, 3.8) is 0 Å². The SMILES string of the molecule is CC(O)[C@H]1O[C@@H](n2ccc(=O)[nH]c2=O)[C@H](O)[C@@H]1O. The number of H-pyrrole nitrogens is 1. The molecule has 2 heterocycles. The Balaban J connectivity index is 2.35. The van der Waals surface area contributed by atoms with Gasteiger partial charge in [-0.15, -0.1) is 0 Å². The predicted octanol–water partition coefficient (Wildman–Crippen LogP) is -2.46. The average Bonchev–Trinajstić information content (AvgIpc) is 2.57. The van der Waals surface area contributed by atoms with Crippen LogP contribution in [0.3, 0.4) is 0 Å². The van der Waals surface area contributed by atoms with E-state index in [-0.39, 0.29) is 0 Å². The Labute approximate surface area is 101 Å². The fraction of sp³-hybridized carbons (Fsp3) is 0.600. The molecule has 0 aliphatic carbocycles. The molecule has 1 aromatic heterocycles. The molecule has 1 saturated heterocycles. The van der Waals surface area contributed by atoms with Crippen molar-refractivity contribution < 1.29 is 20.1 Å². The first kappa shape index (κ1) is 13.0. The maximum absolute atomic E-state index is 11.5. The highest BCUT2D eigenvalue weighted by Crippen LogP contribution is 2.29. The number of aromatic amines is 1. The van der Waals surface area contributed by atoms with E-state index in [9.17, 15) is 24.9 Å². The molecule has 0 saturated carbocycles. The lowest BCUT2D eigenvalue weighted by Crippen LogP contribution is -2.38. The van der Waals surface area contributed by atoms with E-state index >= 15 is 0 Å². The second-order valence-electron chi connectivity index (χ2n) is 4.23. The molecule has 5 atom stereocenters. The molecule has 1 aliphatic rings. The van der Waals surface area contributed by atoms with E-state index in [2.05, 4.69) is 0 Å². The Hall–Kier alpha value is -1.48. The van der Waals surface area contributed by atoms with Gasteiger partial charge < -0.3 is 20.1 Å². The zero-order valence-corrected chi connectivity index (χ0v) is 9.56. The smallest absolute Gasteiger partial charge is 0.330 e. The number of hydrogen-bond acceptors (Lipinski definition) is 6. The molecule has 0 radical (unpaired) electrons. The van der Waals surface area contributed by atoms with Gasteiger partial charge >= 0.3 is 5.69 Å². The highest BCUT2D eigenvalue weighted by atomic mass is 16.6. The van der Waals surface area contributed by atoms with Gasteiger partial charge in [0.15, 0.2) is 6.23 Å². The van der Waals surface area contributed by atoms with Crippen LogP contribution in [0.25, 0.3) is 0 Å². The summed E-state index contributed by atoms with van der Waals surface area (Å²) < 4.78 is 6.20. The van der Waals surface area contributed by atoms with Gasteiger partial charge in [-0.05, 0) is 6.92 Å². The fourth-order valence-corrected chi connectivity index (χ4v) is 1.94. The molecular formula is C10H14N2O6. The van der Waals surface area contributed by atoms with Gasteiger partial charge in [0.25, 0.3) is 5.56 Å². The largest absolute Gasteiger partial charge is 0.391 e. The third kappa shape index (κ3) is 2.10. The van der Waals surface area contributed by atoms with Crippen molar-refractivity contribution in [1.82, 2.24) is 9.55 Å². The molecule has 1 fully saturated rings. The first-order chi connectivity index (χ1) is 8.41. The summed E-state index contributed by atoms with van der Waals surface area (Å²) >= 11 is 0. The Bertz CT molecular complexity index is 536. The van der Waals surface area contributed by atoms with Crippen LogP contribution in [0.15, 0.2) is 21.9 Å². The zero-order chi connectivity index (χ0) is 13.4. The summed E-state index contributed by atoms with van der Waals surface area (Å²) in [5.41, 5.74) is -1.33. The van der Waals surface area contributed by atoms with Crippen LogP contribution >= 0.6 is 0 Å². The minimum Gasteiger partial charge on any atom is -0.391 e. The summed E-state index contributed by atoms with van der Waals surface area (Å²) in [6, 6.07) is 1.10. The van der Waals surface area contributed by atoms with Crippen molar-refractivity contribution >= 4 is 0 Å². The van der Waals surface area contributed by atoms with E-state index in [1.165, 1.54) is 6.92 Å². The minimum absolute atomic E-state index is 0.573. The Morgan fingerprint density at radius 1 is 1.39 bits per heavy atom. The molecule has 1 aliphatic heterocycles. The van der Waals surface area contributed by atoms with Gasteiger partial charge in [-0.2, -0.15) is 0 Å². The molecule has 0 amide bonds. The van der Waals surface area contributed by atoms with Crippen LogP contribution in [0.2, 0.25) is 0 Å². The van der Waals surface area contributed by atoms with Gasteiger partial charge in [-0.25, -0.2) is 4.79 Å². The highest BCUT2D eigenvalue weighted by Gasteiger charge is 2.45. The van der Waals surface area contributed by atoms with Crippen molar-refractivity contribution in [2.45, 2.75) is 37.6 Å².